The quantitative estimate of drug-likeness (QED) is 0.752. The third kappa shape index (κ3) is 5.54. The predicted molar refractivity (Wildman–Crippen MR) is 99.0 cm³/mol. The van der Waals surface area contributed by atoms with Crippen LogP contribution in [0.5, 0.6) is 0 Å². The van der Waals surface area contributed by atoms with E-state index < -0.39 is 16.0 Å². The second-order valence-corrected chi connectivity index (χ2v) is 10.5. The van der Waals surface area contributed by atoms with Gasteiger partial charge in [0.2, 0.25) is 5.91 Å². The van der Waals surface area contributed by atoms with Gasteiger partial charge in [0, 0.05) is 35.8 Å². The van der Waals surface area contributed by atoms with Crippen LogP contribution in [0, 0.1) is 5.92 Å². The van der Waals surface area contributed by atoms with Crippen molar-refractivity contribution in [1.29, 1.82) is 0 Å². The van der Waals surface area contributed by atoms with Gasteiger partial charge < -0.3 is 14.4 Å². The van der Waals surface area contributed by atoms with Gasteiger partial charge in [0.25, 0.3) is 0 Å². The van der Waals surface area contributed by atoms with E-state index in [1.165, 1.54) is 16.1 Å². The Labute approximate surface area is 155 Å². The van der Waals surface area contributed by atoms with E-state index in [2.05, 4.69) is 10.5 Å². The number of rotatable bonds is 6. The zero-order chi connectivity index (χ0) is 18.8. The van der Waals surface area contributed by atoms with Crippen LogP contribution in [0.2, 0.25) is 0 Å². The van der Waals surface area contributed by atoms with Gasteiger partial charge in [-0.25, -0.2) is 4.31 Å². The average molecular weight is 389 g/mol. The van der Waals surface area contributed by atoms with Crippen molar-refractivity contribution in [3.05, 3.63) is 11.8 Å². The maximum absolute atomic E-state index is 12.5. The van der Waals surface area contributed by atoms with Crippen molar-refractivity contribution >= 4 is 34.8 Å². The van der Waals surface area contributed by atoms with Crippen LogP contribution in [-0.4, -0.2) is 47.7 Å². The number of nitrogens with zero attached hydrogens (tertiary/aromatic N) is 2. The highest BCUT2D eigenvalue weighted by Gasteiger charge is 2.32. The highest BCUT2D eigenvalue weighted by atomic mass is 32.2. The zero-order valence-corrected chi connectivity index (χ0v) is 17.0. The van der Waals surface area contributed by atoms with Crippen LogP contribution in [0.1, 0.15) is 46.8 Å². The Morgan fingerprint density at radius 2 is 2.16 bits per heavy atom. The molecule has 0 radical (unpaired) electrons. The fourth-order valence-corrected chi connectivity index (χ4v) is 4.11. The molecular formula is C16H26N3O4S2-. The first-order valence-corrected chi connectivity index (χ1v) is 10.3. The summed E-state index contributed by atoms with van der Waals surface area (Å²) in [5.41, 5.74) is -0.170. The first-order chi connectivity index (χ1) is 11.5. The lowest BCUT2D eigenvalue weighted by atomic mass is 9.93. The van der Waals surface area contributed by atoms with Crippen LogP contribution in [0.4, 0.5) is 5.82 Å². The summed E-state index contributed by atoms with van der Waals surface area (Å²) in [6.45, 7) is 10.8. The number of hydrogen-bond donors (Lipinski definition) is 1. The van der Waals surface area contributed by atoms with Gasteiger partial charge >= 0.3 is 0 Å². The van der Waals surface area contributed by atoms with Gasteiger partial charge in [-0.1, -0.05) is 25.9 Å². The molecule has 1 aliphatic rings. The fraction of sp³-hybridized carbons (Fsp3) is 0.750. The Hall–Kier alpha value is -0.900. The molecule has 0 bridgehead atoms. The summed E-state index contributed by atoms with van der Waals surface area (Å²) < 4.78 is 28.0. The molecule has 9 heteroatoms. The number of amides is 1. The molecule has 7 nitrogen and oxygen atoms in total. The summed E-state index contributed by atoms with van der Waals surface area (Å²) >= 11 is -0.619. The second-order valence-electron chi connectivity index (χ2n) is 7.86. The number of aromatic nitrogens is 1. The van der Waals surface area contributed by atoms with E-state index in [1.807, 2.05) is 34.6 Å². The number of carbonyl (C=O) groups excluding carboxylic acids is 1. The number of hydrogen-bond acceptors (Lipinski definition) is 6. The van der Waals surface area contributed by atoms with Crippen LogP contribution < -0.4 is 5.32 Å². The largest absolute Gasteiger partial charge is 0.760 e. The van der Waals surface area contributed by atoms with Crippen molar-refractivity contribution in [2.24, 2.45) is 5.92 Å². The highest BCUT2D eigenvalue weighted by Crippen LogP contribution is 2.31. The van der Waals surface area contributed by atoms with Crippen molar-refractivity contribution in [3.8, 4) is 0 Å². The number of nitrogens with one attached hydrogen (secondary N) is 1. The first-order valence-electron chi connectivity index (χ1n) is 8.26. The van der Waals surface area contributed by atoms with E-state index >= 15 is 0 Å². The molecule has 2 atom stereocenters. The molecule has 0 saturated carbocycles. The maximum Gasteiger partial charge on any atom is 0.241 e. The number of thioether (sulfide) groups is 1. The minimum absolute atomic E-state index is 0.145. The predicted octanol–water partition coefficient (Wildman–Crippen LogP) is 2.54. The van der Waals surface area contributed by atoms with Gasteiger partial charge in [-0.05, 0) is 31.9 Å². The Bertz CT molecular complexity index is 640. The van der Waals surface area contributed by atoms with E-state index in [0.717, 1.165) is 12.2 Å². The Morgan fingerprint density at radius 3 is 2.68 bits per heavy atom. The van der Waals surface area contributed by atoms with Crippen LogP contribution in [-0.2, 0) is 21.5 Å². The van der Waals surface area contributed by atoms with Crippen LogP contribution >= 0.6 is 11.8 Å². The maximum atomic E-state index is 12.5. The van der Waals surface area contributed by atoms with E-state index in [9.17, 15) is 13.6 Å². The molecule has 0 spiro atoms. The van der Waals surface area contributed by atoms with Gasteiger partial charge in [0.05, 0.1) is 4.75 Å². The summed E-state index contributed by atoms with van der Waals surface area (Å²) in [4.78, 5) is 12.5. The van der Waals surface area contributed by atoms with Gasteiger partial charge in [0.15, 0.2) is 5.82 Å². The molecule has 0 aromatic carbocycles. The van der Waals surface area contributed by atoms with Gasteiger partial charge in [-0.2, -0.15) is 0 Å². The van der Waals surface area contributed by atoms with Crippen LogP contribution in [0.3, 0.4) is 0 Å². The van der Waals surface area contributed by atoms with Crippen LogP contribution in [0.15, 0.2) is 10.6 Å². The molecule has 2 heterocycles. The molecule has 1 fully saturated rings. The fourth-order valence-electron chi connectivity index (χ4n) is 2.41. The van der Waals surface area contributed by atoms with E-state index in [0.29, 0.717) is 24.7 Å². The van der Waals surface area contributed by atoms with E-state index in [-0.39, 0.29) is 17.2 Å². The molecule has 1 aromatic heterocycles. The van der Waals surface area contributed by atoms with Crippen molar-refractivity contribution in [3.63, 3.8) is 0 Å². The van der Waals surface area contributed by atoms with Crippen molar-refractivity contribution in [2.75, 3.05) is 24.2 Å². The minimum atomic E-state index is -2.15. The summed E-state index contributed by atoms with van der Waals surface area (Å²) in [5.74, 6) is 1.99. The molecule has 25 heavy (non-hydrogen) atoms. The molecule has 2 unspecified atom stereocenters. The van der Waals surface area contributed by atoms with Gasteiger partial charge in [0.1, 0.15) is 5.76 Å². The highest BCUT2D eigenvalue weighted by molar-refractivity contribution is 8.01. The number of carbonyl (C=O) groups is 1. The lowest BCUT2D eigenvalue weighted by Gasteiger charge is -2.24. The van der Waals surface area contributed by atoms with Gasteiger partial charge in [-0.15, -0.1) is 11.8 Å². The number of anilines is 1. The molecule has 1 amide bonds. The molecule has 2 rings (SSSR count). The zero-order valence-electron chi connectivity index (χ0n) is 15.3. The lowest BCUT2D eigenvalue weighted by molar-refractivity contribution is -0.117. The summed E-state index contributed by atoms with van der Waals surface area (Å²) in [6, 6.07) is 1.75. The topological polar surface area (TPSA) is 98.5 Å². The molecule has 1 aromatic rings. The monoisotopic (exact) mass is 388 g/mol. The van der Waals surface area contributed by atoms with Gasteiger partial charge in [-0.3, -0.25) is 9.00 Å². The van der Waals surface area contributed by atoms with Crippen molar-refractivity contribution < 1.29 is 18.1 Å². The smallest absolute Gasteiger partial charge is 0.241 e. The Kier molecular flexibility index (Phi) is 6.35. The third-order valence-electron chi connectivity index (χ3n) is 4.18. The summed E-state index contributed by atoms with van der Waals surface area (Å²) in [7, 11) is 0. The SMILES string of the molecule is CC(C)(SCC1CCN(S(=O)[O-])C1)C(=O)Nc1cc(C(C)(C)C)on1. The normalized spacial score (nSPS) is 20.6. The summed E-state index contributed by atoms with van der Waals surface area (Å²) in [6.07, 6.45) is 0.830. The Balaban J connectivity index is 1.87. The molecule has 142 valence electrons. The standard InChI is InChI=1S/C16H27N3O4S2/c1-15(2,3)12-8-13(18-23-12)17-14(20)16(4,5)24-10-11-6-7-19(9-11)25(21)22/h8,11H,6-7,9-10H2,1-5H3,(H,21,22)(H,17,18,20)/p-1. The van der Waals surface area contributed by atoms with Crippen LogP contribution in [0.25, 0.3) is 0 Å². The molecule has 0 aliphatic carbocycles. The molecule has 1 saturated heterocycles. The van der Waals surface area contributed by atoms with E-state index in [4.69, 9.17) is 4.52 Å². The Morgan fingerprint density at radius 1 is 1.48 bits per heavy atom. The molecular weight excluding hydrogens is 362 g/mol. The van der Waals surface area contributed by atoms with E-state index in [1.54, 1.807) is 6.07 Å². The minimum Gasteiger partial charge on any atom is -0.760 e. The molecule has 1 N–H and O–H groups in total. The summed E-state index contributed by atoms with van der Waals surface area (Å²) in [5, 5.41) is 6.72. The van der Waals surface area contributed by atoms with Crippen molar-refractivity contribution in [2.45, 2.75) is 51.2 Å². The lowest BCUT2D eigenvalue weighted by Crippen LogP contribution is -2.35. The molecule has 1 aliphatic heterocycles. The second kappa shape index (κ2) is 7.77. The van der Waals surface area contributed by atoms with Crippen molar-refractivity contribution in [1.82, 2.24) is 9.46 Å². The third-order valence-corrected chi connectivity index (χ3v) is 6.48. The first kappa shape index (κ1) is 20.4. The average Bonchev–Trinajstić information content (AvgIpc) is 3.13.